The van der Waals surface area contributed by atoms with E-state index in [0.717, 1.165) is 11.3 Å². The number of thioether (sulfide) groups is 1. The molecule has 16 heavy (non-hydrogen) atoms. The highest BCUT2D eigenvalue weighted by Gasteiger charge is 2.10. The number of benzene rings is 1. The van der Waals surface area contributed by atoms with Crippen LogP contribution in [-0.4, -0.2) is 12.2 Å². The van der Waals surface area contributed by atoms with Gasteiger partial charge in [0.05, 0.1) is 12.5 Å². The van der Waals surface area contributed by atoms with Crippen LogP contribution in [0.4, 0.5) is 5.69 Å². The van der Waals surface area contributed by atoms with Crippen LogP contribution in [0.3, 0.4) is 0 Å². The Hall–Kier alpha value is -1.47. The molecule has 1 N–H and O–H groups in total. The molecule has 0 aliphatic carbocycles. The van der Waals surface area contributed by atoms with E-state index < -0.39 is 0 Å². The minimum absolute atomic E-state index is 0.0851. The van der Waals surface area contributed by atoms with E-state index in [2.05, 4.69) is 11.4 Å². The summed E-state index contributed by atoms with van der Waals surface area (Å²) in [6.45, 7) is 1.48. The molecule has 0 heterocycles. The molecule has 0 bridgehead atoms. The van der Waals surface area contributed by atoms with Gasteiger partial charge in [-0.05, 0) is 24.0 Å². The highest BCUT2D eigenvalue weighted by molar-refractivity contribution is 7.98. The van der Waals surface area contributed by atoms with Crippen LogP contribution < -0.4 is 5.32 Å². The zero-order valence-electron chi connectivity index (χ0n) is 9.36. The van der Waals surface area contributed by atoms with Crippen LogP contribution in [0.1, 0.15) is 24.2 Å². The Labute approximate surface area is 99.8 Å². The highest BCUT2D eigenvalue weighted by atomic mass is 32.2. The molecule has 1 aromatic rings. The fourth-order valence-electron chi connectivity index (χ4n) is 1.44. The monoisotopic (exact) mass is 234 g/mol. The van der Waals surface area contributed by atoms with Gasteiger partial charge in [-0.3, -0.25) is 4.79 Å². The smallest absolute Gasteiger partial charge is 0.221 e. The maximum atomic E-state index is 10.9. The number of carbonyl (C=O) groups excluding carboxylic acids is 1. The lowest BCUT2D eigenvalue weighted by molar-refractivity contribution is -0.114. The summed E-state index contributed by atoms with van der Waals surface area (Å²) in [7, 11) is 0. The van der Waals surface area contributed by atoms with E-state index in [-0.39, 0.29) is 11.2 Å². The molecule has 0 aromatic heterocycles. The molecule has 0 saturated carbocycles. The van der Waals surface area contributed by atoms with E-state index in [1.165, 1.54) is 6.92 Å². The van der Waals surface area contributed by atoms with Crippen LogP contribution in [0.5, 0.6) is 0 Å². The van der Waals surface area contributed by atoms with Crippen molar-refractivity contribution < 1.29 is 4.79 Å². The molecule has 1 rings (SSSR count). The molecular weight excluding hydrogens is 220 g/mol. The third-order valence-corrected chi connectivity index (χ3v) is 3.15. The predicted molar refractivity (Wildman–Crippen MR) is 67.2 cm³/mol. The van der Waals surface area contributed by atoms with E-state index in [4.69, 9.17) is 5.26 Å². The number of rotatable bonds is 4. The Morgan fingerprint density at radius 2 is 2.38 bits per heavy atom. The molecule has 0 radical (unpaired) electrons. The molecule has 1 aromatic carbocycles. The van der Waals surface area contributed by atoms with Gasteiger partial charge in [-0.1, -0.05) is 12.1 Å². The Kier molecular flexibility index (Phi) is 4.87. The largest absolute Gasteiger partial charge is 0.326 e. The minimum Gasteiger partial charge on any atom is -0.326 e. The lowest BCUT2D eigenvalue weighted by atomic mass is 10.1. The van der Waals surface area contributed by atoms with Gasteiger partial charge in [-0.25, -0.2) is 0 Å². The Morgan fingerprint density at radius 3 is 2.94 bits per heavy atom. The van der Waals surface area contributed by atoms with Gasteiger partial charge >= 0.3 is 0 Å². The SMILES string of the molecule is CSC(CC#N)c1cccc(NC(C)=O)c1. The molecule has 4 heteroatoms. The number of carbonyl (C=O) groups is 1. The quantitative estimate of drug-likeness (QED) is 0.871. The van der Waals surface area contributed by atoms with Crippen LogP contribution >= 0.6 is 11.8 Å². The van der Waals surface area contributed by atoms with E-state index in [1.807, 2.05) is 30.5 Å². The van der Waals surface area contributed by atoms with Gasteiger partial charge in [0.15, 0.2) is 0 Å². The molecule has 1 atom stereocenters. The van der Waals surface area contributed by atoms with E-state index >= 15 is 0 Å². The second kappa shape index (κ2) is 6.19. The summed E-state index contributed by atoms with van der Waals surface area (Å²) in [4.78, 5) is 10.9. The van der Waals surface area contributed by atoms with Crippen molar-refractivity contribution in [3.63, 3.8) is 0 Å². The van der Waals surface area contributed by atoms with Gasteiger partial charge in [0.25, 0.3) is 0 Å². The van der Waals surface area contributed by atoms with Crippen LogP contribution in [-0.2, 0) is 4.79 Å². The second-order valence-electron chi connectivity index (χ2n) is 3.39. The molecule has 0 aliphatic heterocycles. The topological polar surface area (TPSA) is 52.9 Å². The standard InChI is InChI=1S/C12H14N2OS/c1-9(15)14-11-5-3-4-10(8-11)12(16-2)6-7-13/h3-5,8,12H,6H2,1-2H3,(H,14,15). The summed E-state index contributed by atoms with van der Waals surface area (Å²) in [5, 5.41) is 11.6. The molecule has 1 unspecified atom stereocenters. The lowest BCUT2D eigenvalue weighted by Crippen LogP contribution is -2.06. The third-order valence-electron chi connectivity index (χ3n) is 2.14. The van der Waals surface area contributed by atoms with E-state index in [9.17, 15) is 4.79 Å². The molecule has 0 saturated heterocycles. The van der Waals surface area contributed by atoms with Crippen molar-refractivity contribution in [2.75, 3.05) is 11.6 Å². The Balaban J connectivity index is 2.88. The first kappa shape index (κ1) is 12.6. The number of amides is 1. The van der Waals surface area contributed by atoms with Crippen LogP contribution in [0, 0.1) is 11.3 Å². The molecule has 0 spiro atoms. The van der Waals surface area contributed by atoms with Crippen LogP contribution in [0.25, 0.3) is 0 Å². The summed E-state index contributed by atoms with van der Waals surface area (Å²) in [5.41, 5.74) is 1.85. The summed E-state index contributed by atoms with van der Waals surface area (Å²) >= 11 is 1.64. The normalized spacial score (nSPS) is 11.6. The molecule has 0 fully saturated rings. The zero-order valence-corrected chi connectivity index (χ0v) is 10.2. The van der Waals surface area contributed by atoms with Gasteiger partial charge < -0.3 is 5.32 Å². The average molecular weight is 234 g/mol. The maximum Gasteiger partial charge on any atom is 0.221 e. The molecular formula is C12H14N2OS. The van der Waals surface area contributed by atoms with Crippen molar-refractivity contribution in [3.05, 3.63) is 29.8 Å². The maximum absolute atomic E-state index is 10.9. The minimum atomic E-state index is -0.0851. The van der Waals surface area contributed by atoms with E-state index in [0.29, 0.717) is 6.42 Å². The van der Waals surface area contributed by atoms with Gasteiger partial charge in [0.1, 0.15) is 0 Å². The summed E-state index contributed by atoms with van der Waals surface area (Å²) in [6, 6.07) is 9.79. The lowest BCUT2D eigenvalue weighted by Gasteiger charge is -2.12. The zero-order chi connectivity index (χ0) is 12.0. The fraction of sp³-hybridized carbons (Fsp3) is 0.333. The van der Waals surface area contributed by atoms with Crippen molar-refractivity contribution >= 4 is 23.4 Å². The van der Waals surface area contributed by atoms with Crippen molar-refractivity contribution in [3.8, 4) is 6.07 Å². The molecule has 1 amide bonds. The van der Waals surface area contributed by atoms with Gasteiger partial charge in [-0.15, -0.1) is 0 Å². The number of hydrogen-bond donors (Lipinski definition) is 1. The first-order valence-corrected chi connectivity index (χ1v) is 6.23. The van der Waals surface area contributed by atoms with Crippen molar-refractivity contribution in [1.82, 2.24) is 0 Å². The van der Waals surface area contributed by atoms with Crippen LogP contribution in [0.2, 0.25) is 0 Å². The average Bonchev–Trinajstić information content (AvgIpc) is 2.25. The first-order chi connectivity index (χ1) is 7.67. The summed E-state index contributed by atoms with van der Waals surface area (Å²) in [5.74, 6) is -0.0851. The summed E-state index contributed by atoms with van der Waals surface area (Å²) in [6.07, 6.45) is 2.46. The van der Waals surface area contributed by atoms with Crippen molar-refractivity contribution in [2.45, 2.75) is 18.6 Å². The third kappa shape index (κ3) is 3.59. The highest BCUT2D eigenvalue weighted by Crippen LogP contribution is 2.30. The Bertz CT molecular complexity index is 412. The second-order valence-corrected chi connectivity index (χ2v) is 4.43. The molecule has 3 nitrogen and oxygen atoms in total. The molecule has 84 valence electrons. The van der Waals surface area contributed by atoms with Crippen molar-refractivity contribution in [1.29, 1.82) is 5.26 Å². The number of anilines is 1. The number of nitrogens with one attached hydrogen (secondary N) is 1. The molecule has 0 aliphatic rings. The summed E-state index contributed by atoms with van der Waals surface area (Å²) < 4.78 is 0. The van der Waals surface area contributed by atoms with Gasteiger partial charge in [-0.2, -0.15) is 17.0 Å². The number of hydrogen-bond acceptors (Lipinski definition) is 3. The fourth-order valence-corrected chi connectivity index (χ4v) is 2.10. The van der Waals surface area contributed by atoms with Gasteiger partial charge in [0, 0.05) is 17.9 Å². The van der Waals surface area contributed by atoms with Crippen molar-refractivity contribution in [2.24, 2.45) is 0 Å². The Morgan fingerprint density at radius 1 is 1.62 bits per heavy atom. The predicted octanol–water partition coefficient (Wildman–Crippen LogP) is 2.96. The van der Waals surface area contributed by atoms with Gasteiger partial charge in [0.2, 0.25) is 5.91 Å². The van der Waals surface area contributed by atoms with Crippen LogP contribution in [0.15, 0.2) is 24.3 Å². The van der Waals surface area contributed by atoms with E-state index in [1.54, 1.807) is 11.8 Å². The number of nitrogens with zero attached hydrogens (tertiary/aromatic N) is 1. The first-order valence-electron chi connectivity index (χ1n) is 4.94. The number of nitriles is 1.